The van der Waals surface area contributed by atoms with Crippen molar-refractivity contribution in [3.8, 4) is 0 Å². The van der Waals surface area contributed by atoms with Gasteiger partial charge in [0.05, 0.1) is 32.5 Å². The summed E-state index contributed by atoms with van der Waals surface area (Å²) < 4.78 is 21.6. The molecule has 2 aliphatic rings. The number of carboxylic acid groups (broad SMARTS) is 1. The molecule has 0 aromatic heterocycles. The van der Waals surface area contributed by atoms with Crippen molar-refractivity contribution in [3.63, 3.8) is 0 Å². The van der Waals surface area contributed by atoms with Gasteiger partial charge >= 0.3 is 5.97 Å². The number of carboxylic acids is 1. The van der Waals surface area contributed by atoms with Gasteiger partial charge < -0.3 is 96.8 Å². The molecular weight excluding hydrogens is 732 g/mol. The Balaban J connectivity index is 1.60. The van der Waals surface area contributed by atoms with Crippen LogP contribution in [0.4, 0.5) is 0 Å². The minimum atomic E-state index is -1.55. The van der Waals surface area contributed by atoms with Crippen LogP contribution in [0.2, 0.25) is 0 Å². The van der Waals surface area contributed by atoms with Gasteiger partial charge in [0.15, 0.2) is 12.6 Å². The molecule has 21 heteroatoms. The van der Waals surface area contributed by atoms with Crippen molar-refractivity contribution >= 4 is 11.9 Å². The lowest BCUT2D eigenvalue weighted by Gasteiger charge is -2.39. The van der Waals surface area contributed by atoms with Gasteiger partial charge in [-0.05, 0) is 38.8 Å². The van der Waals surface area contributed by atoms with Gasteiger partial charge in [-0.25, -0.2) is 0 Å². The number of hydrogen-bond donors (Lipinski definition) is 15. The maximum atomic E-state index is 13.1. The zero-order valence-corrected chi connectivity index (χ0v) is 31.7. The Morgan fingerprint density at radius 2 is 1.02 bits per heavy atom. The van der Waals surface area contributed by atoms with Gasteiger partial charge in [0.2, 0.25) is 5.91 Å². The summed E-state index contributed by atoms with van der Waals surface area (Å²) in [5.41, 5.74) is 0. The highest BCUT2D eigenvalue weighted by atomic mass is 16.7. The molecule has 0 aromatic carbocycles. The largest absolute Gasteiger partial charge is 0.481 e. The average molecular weight is 801 g/mol. The van der Waals surface area contributed by atoms with E-state index in [1.807, 2.05) is 0 Å². The van der Waals surface area contributed by atoms with Crippen molar-refractivity contribution in [2.45, 2.75) is 112 Å². The van der Waals surface area contributed by atoms with E-state index in [2.05, 4.69) is 31.9 Å². The van der Waals surface area contributed by atoms with Crippen LogP contribution in [-0.2, 0) is 28.5 Å². The van der Waals surface area contributed by atoms with Gasteiger partial charge in [0, 0.05) is 58.8 Å². The van der Waals surface area contributed by atoms with Crippen molar-refractivity contribution in [1.29, 1.82) is 0 Å². The molecule has 2 heterocycles. The number of aliphatic carboxylic acids is 1. The quantitative estimate of drug-likeness (QED) is 0.0282. The van der Waals surface area contributed by atoms with Crippen molar-refractivity contribution in [2.24, 2.45) is 0 Å². The van der Waals surface area contributed by atoms with Crippen molar-refractivity contribution in [2.75, 3.05) is 91.9 Å². The monoisotopic (exact) mass is 800 g/mol. The number of carbonyl (C=O) groups is 2. The van der Waals surface area contributed by atoms with Crippen LogP contribution in [0.5, 0.6) is 0 Å². The molecule has 21 nitrogen and oxygen atoms in total. The number of hydrogen-bond acceptors (Lipinski definition) is 19. The van der Waals surface area contributed by atoms with Crippen LogP contribution in [0, 0.1) is 0 Å². The Hall–Kier alpha value is -1.74. The summed E-state index contributed by atoms with van der Waals surface area (Å²) in [6.45, 7) is 5.04. The smallest absolute Gasteiger partial charge is 0.303 e. The Morgan fingerprint density at radius 1 is 0.545 bits per heavy atom. The standard InChI is InChI=1S/C34H68N6O15/c41-20-23-26(45)28(47)30(49)33(54-23)52-18-16-38-13-12-36-10-11-37-14-15-39-22(6-3-5-9-35-8-4-1-2-7-25(43)44)32(51)40-17-19-53-34-31(50)29(48)27(46)24(21-42)55-34/h22-24,26-31,33-39,41-42,45-50H,1-21H2,(H,40,51)(H,43,44)/t22?,23-,24-,26-,27-,28+,29+,30-,31+,33+,34+/m1/s1. The Bertz CT molecular complexity index is 1010. The molecular formula is C34H68N6O15. The number of aliphatic hydroxyl groups excluding tert-OH is 8. The van der Waals surface area contributed by atoms with E-state index in [0.717, 1.165) is 38.8 Å². The number of carbonyl (C=O) groups excluding carboxylic acids is 1. The van der Waals surface area contributed by atoms with Crippen LogP contribution in [0.15, 0.2) is 0 Å². The third-order valence-corrected chi connectivity index (χ3v) is 9.25. The van der Waals surface area contributed by atoms with Crippen LogP contribution >= 0.6 is 0 Å². The topological polar surface area (TPSA) is 325 Å². The predicted molar refractivity (Wildman–Crippen MR) is 196 cm³/mol. The van der Waals surface area contributed by atoms with Crippen LogP contribution in [0.1, 0.15) is 44.9 Å². The Kier molecular flexibility index (Phi) is 26.5. The lowest BCUT2D eigenvalue weighted by molar-refractivity contribution is -0.300. The Labute approximate surface area is 322 Å². The van der Waals surface area contributed by atoms with E-state index in [9.17, 15) is 50.4 Å². The van der Waals surface area contributed by atoms with E-state index in [1.54, 1.807) is 0 Å². The summed E-state index contributed by atoms with van der Waals surface area (Å²) in [6, 6.07) is -0.473. The molecule has 0 radical (unpaired) electrons. The second-order valence-electron chi connectivity index (χ2n) is 13.6. The molecule has 2 rings (SSSR count). The van der Waals surface area contributed by atoms with E-state index in [1.165, 1.54) is 0 Å². The van der Waals surface area contributed by atoms with E-state index < -0.39 is 86.6 Å². The zero-order chi connectivity index (χ0) is 40.4. The van der Waals surface area contributed by atoms with Gasteiger partial charge in [-0.1, -0.05) is 12.8 Å². The number of ether oxygens (including phenoxy) is 4. The van der Waals surface area contributed by atoms with Crippen molar-refractivity contribution in [1.82, 2.24) is 31.9 Å². The number of aliphatic hydroxyl groups is 8. The molecule has 0 saturated carbocycles. The Morgan fingerprint density at radius 3 is 1.55 bits per heavy atom. The summed E-state index contributed by atoms with van der Waals surface area (Å²) in [4.78, 5) is 23.7. The van der Waals surface area contributed by atoms with E-state index >= 15 is 0 Å². The highest BCUT2D eigenvalue weighted by molar-refractivity contribution is 5.81. The molecule has 2 fully saturated rings. The fraction of sp³-hybridized carbons (Fsp3) is 0.941. The first-order chi connectivity index (χ1) is 26.5. The summed E-state index contributed by atoms with van der Waals surface area (Å²) in [5.74, 6) is -1.01. The van der Waals surface area contributed by atoms with Crippen LogP contribution in [-0.4, -0.2) is 217 Å². The lowest BCUT2D eigenvalue weighted by atomic mass is 9.99. The normalized spacial score (nSPS) is 28.9. The third-order valence-electron chi connectivity index (χ3n) is 9.25. The van der Waals surface area contributed by atoms with Crippen LogP contribution in [0.25, 0.3) is 0 Å². The number of nitrogens with one attached hydrogen (secondary N) is 6. The minimum absolute atomic E-state index is 0.0441. The van der Waals surface area contributed by atoms with E-state index in [4.69, 9.17) is 24.1 Å². The summed E-state index contributed by atoms with van der Waals surface area (Å²) in [5, 5.41) is 106. The fourth-order valence-electron chi connectivity index (χ4n) is 5.95. The molecule has 11 atom stereocenters. The molecule has 0 bridgehead atoms. The summed E-state index contributed by atoms with van der Waals surface area (Å²) in [6.07, 6.45) is -8.65. The maximum Gasteiger partial charge on any atom is 0.303 e. The van der Waals surface area contributed by atoms with Crippen molar-refractivity contribution < 1.29 is 74.5 Å². The van der Waals surface area contributed by atoms with Crippen molar-refractivity contribution in [3.05, 3.63) is 0 Å². The second kappa shape index (κ2) is 29.5. The van der Waals surface area contributed by atoms with Gasteiger partial charge in [0.25, 0.3) is 0 Å². The molecule has 2 saturated heterocycles. The molecule has 1 unspecified atom stereocenters. The van der Waals surface area contributed by atoms with E-state index in [-0.39, 0.29) is 32.1 Å². The van der Waals surface area contributed by atoms with Crippen LogP contribution < -0.4 is 31.9 Å². The van der Waals surface area contributed by atoms with Gasteiger partial charge in [-0.2, -0.15) is 0 Å². The highest BCUT2D eigenvalue weighted by Gasteiger charge is 2.45. The molecule has 2 aliphatic heterocycles. The van der Waals surface area contributed by atoms with Gasteiger partial charge in [-0.3, -0.25) is 9.59 Å². The highest BCUT2D eigenvalue weighted by Crippen LogP contribution is 2.22. The first-order valence-corrected chi connectivity index (χ1v) is 19.4. The molecule has 0 aliphatic carbocycles. The number of amides is 1. The van der Waals surface area contributed by atoms with Gasteiger partial charge in [0.1, 0.15) is 48.8 Å². The minimum Gasteiger partial charge on any atom is -0.481 e. The van der Waals surface area contributed by atoms with E-state index in [0.29, 0.717) is 58.7 Å². The second-order valence-corrected chi connectivity index (χ2v) is 13.6. The number of unbranched alkanes of at least 4 members (excludes halogenated alkanes) is 3. The lowest BCUT2D eigenvalue weighted by Crippen LogP contribution is -2.59. The molecule has 1 amide bonds. The van der Waals surface area contributed by atoms with Gasteiger partial charge in [-0.15, -0.1) is 0 Å². The molecule has 324 valence electrons. The fourth-order valence-corrected chi connectivity index (χ4v) is 5.95. The predicted octanol–water partition coefficient (Wildman–Crippen LogP) is -6.13. The third kappa shape index (κ3) is 19.5. The van der Waals surface area contributed by atoms with Crippen LogP contribution in [0.3, 0.4) is 0 Å². The maximum absolute atomic E-state index is 13.1. The zero-order valence-electron chi connectivity index (χ0n) is 31.7. The molecule has 0 spiro atoms. The molecule has 15 N–H and O–H groups in total. The first-order valence-electron chi connectivity index (χ1n) is 19.4. The SMILES string of the molecule is O=C(O)CCCCCNCCCCC(NCCNCCNCCNCCO[C@H]1O[C@H](CO)[C@@H](O)[C@H](O)[C@H]1O)C(=O)NCCO[C@H]1O[C@H](CO)[C@@H](O)[C@H](O)[C@@H]1O. The number of rotatable bonds is 32. The molecule has 55 heavy (non-hydrogen) atoms. The first kappa shape index (κ1) is 49.4. The summed E-state index contributed by atoms with van der Waals surface area (Å²) in [7, 11) is 0. The summed E-state index contributed by atoms with van der Waals surface area (Å²) >= 11 is 0. The average Bonchev–Trinajstić information content (AvgIpc) is 3.17. The molecule has 0 aromatic rings.